The number of carbonyl (C=O) groups excluding carboxylic acids is 2. The first kappa shape index (κ1) is 19.9. The van der Waals surface area contributed by atoms with E-state index in [1.165, 1.54) is 7.11 Å². The van der Waals surface area contributed by atoms with E-state index < -0.39 is 18.1 Å². The number of H-pyrrole nitrogens is 1. The van der Waals surface area contributed by atoms with Crippen molar-refractivity contribution < 1.29 is 19.1 Å². The molecule has 0 aliphatic heterocycles. The van der Waals surface area contributed by atoms with Gasteiger partial charge in [0.25, 0.3) is 0 Å². The molecular formula is C20H19N5O4S. The van der Waals surface area contributed by atoms with Crippen LogP contribution in [0, 0.1) is 0 Å². The van der Waals surface area contributed by atoms with Gasteiger partial charge in [-0.25, -0.2) is 9.59 Å². The number of carbonyl (C=O) groups is 2. The quantitative estimate of drug-likeness (QED) is 0.437. The maximum atomic E-state index is 12.4. The zero-order valence-corrected chi connectivity index (χ0v) is 16.9. The molecule has 1 aliphatic rings. The second-order valence-corrected chi connectivity index (χ2v) is 7.54. The molecule has 4 rings (SSSR count). The van der Waals surface area contributed by atoms with Crippen LogP contribution in [-0.2, 0) is 14.3 Å². The number of hydrogen-bond donors (Lipinski definition) is 2. The van der Waals surface area contributed by atoms with Crippen molar-refractivity contribution >= 4 is 23.8 Å². The summed E-state index contributed by atoms with van der Waals surface area (Å²) in [5.74, 6) is -0.468. The first-order valence-corrected chi connectivity index (χ1v) is 10.2. The Morgan fingerprint density at radius 3 is 2.40 bits per heavy atom. The normalized spacial score (nSPS) is 13.2. The molecule has 3 aromatic rings. The summed E-state index contributed by atoms with van der Waals surface area (Å²) in [5.41, 5.74) is 4.52. The minimum Gasteiger partial charge on any atom is -0.467 e. The van der Waals surface area contributed by atoms with E-state index in [4.69, 9.17) is 9.47 Å². The van der Waals surface area contributed by atoms with Crippen LogP contribution in [0.1, 0.15) is 17.0 Å². The highest BCUT2D eigenvalue weighted by Crippen LogP contribution is 2.44. The van der Waals surface area contributed by atoms with Gasteiger partial charge in [-0.1, -0.05) is 60.3 Å². The van der Waals surface area contributed by atoms with Gasteiger partial charge in [-0.3, -0.25) is 0 Å². The molecule has 0 spiro atoms. The molecule has 1 heterocycles. The van der Waals surface area contributed by atoms with Crippen LogP contribution in [0.15, 0.2) is 53.7 Å². The third-order valence-electron chi connectivity index (χ3n) is 4.83. The van der Waals surface area contributed by atoms with Gasteiger partial charge >= 0.3 is 12.1 Å². The van der Waals surface area contributed by atoms with Crippen LogP contribution in [0.3, 0.4) is 0 Å². The average Bonchev–Trinajstić information content (AvgIpc) is 3.41. The number of esters is 1. The van der Waals surface area contributed by atoms with Gasteiger partial charge in [-0.2, -0.15) is 5.21 Å². The fourth-order valence-corrected chi connectivity index (χ4v) is 4.20. The second-order valence-electron chi connectivity index (χ2n) is 6.55. The number of benzene rings is 2. The van der Waals surface area contributed by atoms with Crippen LogP contribution in [0.5, 0.6) is 0 Å². The third-order valence-corrected chi connectivity index (χ3v) is 5.76. The van der Waals surface area contributed by atoms with E-state index in [-0.39, 0.29) is 18.3 Å². The number of thioether (sulfide) groups is 1. The summed E-state index contributed by atoms with van der Waals surface area (Å²) in [4.78, 5) is 24.4. The summed E-state index contributed by atoms with van der Waals surface area (Å²) in [5, 5.41) is 16.3. The molecule has 0 saturated carbocycles. The van der Waals surface area contributed by atoms with E-state index in [1.807, 2.05) is 36.4 Å². The topological polar surface area (TPSA) is 119 Å². The van der Waals surface area contributed by atoms with Crippen molar-refractivity contribution in [1.29, 1.82) is 0 Å². The van der Waals surface area contributed by atoms with Gasteiger partial charge in [0.05, 0.1) is 7.11 Å². The number of aromatic amines is 1. The molecule has 9 nitrogen and oxygen atoms in total. The predicted octanol–water partition coefficient (Wildman–Crippen LogP) is 2.37. The SMILES string of the molecule is COC(=O)[C@H](CSc1nn[nH]n1)NC(=O)OCC1c2ccccc2-c2ccccc21. The summed E-state index contributed by atoms with van der Waals surface area (Å²) in [6.45, 7) is 0.158. The lowest BCUT2D eigenvalue weighted by molar-refractivity contribution is -0.142. The van der Waals surface area contributed by atoms with Crippen molar-refractivity contribution in [3.05, 3.63) is 59.7 Å². The molecule has 1 amide bonds. The van der Waals surface area contributed by atoms with Gasteiger partial charge in [-0.05, 0) is 27.5 Å². The number of fused-ring (bicyclic) bond motifs is 3. The molecular weight excluding hydrogens is 406 g/mol. The Morgan fingerprint density at radius 1 is 1.13 bits per heavy atom. The third kappa shape index (κ3) is 4.13. The van der Waals surface area contributed by atoms with Crippen molar-refractivity contribution in [2.24, 2.45) is 0 Å². The highest BCUT2D eigenvalue weighted by atomic mass is 32.2. The Hall–Kier alpha value is -3.40. The largest absolute Gasteiger partial charge is 0.467 e. The van der Waals surface area contributed by atoms with Crippen LogP contribution in [0.4, 0.5) is 4.79 Å². The van der Waals surface area contributed by atoms with Crippen LogP contribution in [-0.4, -0.2) is 58.2 Å². The molecule has 0 fully saturated rings. The molecule has 2 N–H and O–H groups in total. The molecule has 1 aliphatic carbocycles. The summed E-state index contributed by atoms with van der Waals surface area (Å²) in [6, 6.07) is 15.2. The van der Waals surface area contributed by atoms with Gasteiger partial charge in [0.15, 0.2) is 0 Å². The highest BCUT2D eigenvalue weighted by molar-refractivity contribution is 7.99. The van der Waals surface area contributed by atoms with Crippen molar-refractivity contribution in [3.8, 4) is 11.1 Å². The number of nitrogens with zero attached hydrogens (tertiary/aromatic N) is 3. The number of nitrogens with one attached hydrogen (secondary N) is 2. The van der Waals surface area contributed by atoms with E-state index >= 15 is 0 Å². The summed E-state index contributed by atoms with van der Waals surface area (Å²) < 4.78 is 10.3. The Balaban J connectivity index is 1.40. The van der Waals surface area contributed by atoms with Crippen molar-refractivity contribution in [1.82, 2.24) is 25.9 Å². The molecule has 0 unspecified atom stereocenters. The van der Waals surface area contributed by atoms with Crippen LogP contribution in [0.2, 0.25) is 0 Å². The Bertz CT molecular complexity index is 998. The first-order valence-electron chi connectivity index (χ1n) is 9.23. The highest BCUT2D eigenvalue weighted by Gasteiger charge is 2.30. The molecule has 2 aromatic carbocycles. The summed E-state index contributed by atoms with van der Waals surface area (Å²) >= 11 is 1.16. The van der Waals surface area contributed by atoms with Crippen LogP contribution in [0.25, 0.3) is 11.1 Å². The second kappa shape index (κ2) is 8.95. The number of hydrogen-bond acceptors (Lipinski definition) is 8. The number of rotatable bonds is 7. The van der Waals surface area contributed by atoms with Crippen LogP contribution >= 0.6 is 11.8 Å². The van der Waals surface area contributed by atoms with Gasteiger partial charge in [0, 0.05) is 11.7 Å². The molecule has 0 bridgehead atoms. The maximum absolute atomic E-state index is 12.4. The number of aromatic nitrogens is 4. The monoisotopic (exact) mass is 425 g/mol. The molecule has 30 heavy (non-hydrogen) atoms. The van der Waals surface area contributed by atoms with Gasteiger partial charge in [0.1, 0.15) is 12.6 Å². The zero-order chi connectivity index (χ0) is 20.9. The average molecular weight is 425 g/mol. The Labute approximate surface area is 176 Å². The maximum Gasteiger partial charge on any atom is 0.407 e. The molecule has 0 saturated heterocycles. The fraction of sp³-hybridized carbons (Fsp3) is 0.250. The number of amides is 1. The number of methoxy groups -OCH3 is 1. The summed E-state index contributed by atoms with van der Waals surface area (Å²) in [6.07, 6.45) is -0.694. The number of alkyl carbamates (subject to hydrolysis) is 1. The number of ether oxygens (including phenoxy) is 2. The van der Waals surface area contributed by atoms with E-state index in [0.29, 0.717) is 5.16 Å². The molecule has 154 valence electrons. The van der Waals surface area contributed by atoms with E-state index in [1.54, 1.807) is 0 Å². The lowest BCUT2D eigenvalue weighted by Crippen LogP contribution is -2.43. The Kier molecular flexibility index (Phi) is 5.94. The standard InChI is InChI=1S/C20H19N5O4S/c1-28-18(26)17(11-30-19-22-24-25-23-19)21-20(27)29-10-16-14-8-4-2-6-12(14)13-7-3-5-9-15(13)16/h2-9,16-17H,10-11H2,1H3,(H,21,27)(H,22,23,24,25)/t17-/m0/s1. The fourth-order valence-electron chi connectivity index (χ4n) is 3.46. The summed E-state index contributed by atoms with van der Waals surface area (Å²) in [7, 11) is 1.26. The molecule has 10 heteroatoms. The zero-order valence-electron chi connectivity index (χ0n) is 16.1. The van der Waals surface area contributed by atoms with E-state index in [9.17, 15) is 9.59 Å². The molecule has 1 aromatic heterocycles. The minimum atomic E-state index is -0.908. The smallest absolute Gasteiger partial charge is 0.407 e. The van der Waals surface area contributed by atoms with Gasteiger partial charge < -0.3 is 14.8 Å². The van der Waals surface area contributed by atoms with Crippen molar-refractivity contribution in [2.75, 3.05) is 19.5 Å². The van der Waals surface area contributed by atoms with Gasteiger partial charge in [0.2, 0.25) is 5.16 Å². The van der Waals surface area contributed by atoms with Crippen LogP contribution < -0.4 is 5.32 Å². The van der Waals surface area contributed by atoms with Crippen molar-refractivity contribution in [3.63, 3.8) is 0 Å². The molecule has 1 atom stereocenters. The van der Waals surface area contributed by atoms with E-state index in [2.05, 4.69) is 38.1 Å². The lowest BCUT2D eigenvalue weighted by Gasteiger charge is -2.18. The van der Waals surface area contributed by atoms with Crippen molar-refractivity contribution in [2.45, 2.75) is 17.1 Å². The Morgan fingerprint density at radius 2 is 1.80 bits per heavy atom. The molecule has 0 radical (unpaired) electrons. The number of tetrazole rings is 1. The minimum absolute atomic E-state index is 0.0616. The lowest BCUT2D eigenvalue weighted by atomic mass is 9.98. The predicted molar refractivity (Wildman–Crippen MR) is 109 cm³/mol. The first-order chi connectivity index (χ1) is 14.7. The van der Waals surface area contributed by atoms with E-state index in [0.717, 1.165) is 34.0 Å². The van der Waals surface area contributed by atoms with Gasteiger partial charge in [-0.15, -0.1) is 10.2 Å².